The summed E-state index contributed by atoms with van der Waals surface area (Å²) in [5.41, 5.74) is -0.593. The molecule has 0 fully saturated rings. The maximum atomic E-state index is 12.1. The summed E-state index contributed by atoms with van der Waals surface area (Å²) in [6.45, 7) is 5.25. The van der Waals surface area contributed by atoms with Crippen LogP contribution in [0, 0.1) is 3.57 Å². The lowest BCUT2D eigenvalue weighted by atomic mass is 10.2. The van der Waals surface area contributed by atoms with E-state index in [0.717, 1.165) is 9.65 Å². The number of esters is 2. The second-order valence-electron chi connectivity index (χ2n) is 5.42. The third-order valence-corrected chi connectivity index (χ3v) is 3.35. The molecule has 0 amide bonds. The third-order valence-electron chi connectivity index (χ3n) is 2.46. The lowest BCUT2D eigenvalue weighted by Gasteiger charge is -2.22. The Bertz CT molecular complexity index is 600. The summed E-state index contributed by atoms with van der Waals surface area (Å²) in [6.07, 6.45) is 0.0254. The van der Waals surface area contributed by atoms with Crippen molar-refractivity contribution >= 4 is 34.5 Å². The first-order valence-electron chi connectivity index (χ1n) is 6.33. The van der Waals surface area contributed by atoms with Crippen LogP contribution >= 0.6 is 22.6 Å². The van der Waals surface area contributed by atoms with Gasteiger partial charge in [-0.25, -0.2) is 9.59 Å². The zero-order valence-electron chi connectivity index (χ0n) is 11.9. The van der Waals surface area contributed by atoms with Crippen LogP contribution in [0.15, 0.2) is 35.9 Å². The Hall–Kier alpha value is -1.57. The van der Waals surface area contributed by atoms with Crippen LogP contribution < -0.4 is 4.74 Å². The molecule has 1 aromatic carbocycles. The van der Waals surface area contributed by atoms with Crippen LogP contribution in [0.2, 0.25) is 0 Å². The van der Waals surface area contributed by atoms with E-state index in [9.17, 15) is 9.59 Å². The summed E-state index contributed by atoms with van der Waals surface area (Å²) in [7, 11) is 0. The number of hydrogen-bond donors (Lipinski definition) is 0. The van der Waals surface area contributed by atoms with Crippen molar-refractivity contribution in [1.29, 1.82) is 0 Å². The standard InChI is InChI=1S/C15H15IO5/c1-15(2,3)21-13(18)9-8-12(17)20-14(9)19-11-7-5-4-6-10(11)16/h4-8,14H,1-3H3. The Morgan fingerprint density at radius 1 is 1.29 bits per heavy atom. The minimum Gasteiger partial charge on any atom is -0.456 e. The molecule has 5 nitrogen and oxygen atoms in total. The first-order valence-corrected chi connectivity index (χ1v) is 7.41. The summed E-state index contributed by atoms with van der Waals surface area (Å²) >= 11 is 2.10. The van der Waals surface area contributed by atoms with E-state index in [4.69, 9.17) is 14.2 Å². The SMILES string of the molecule is CC(C)(C)OC(=O)C1=CC(=O)OC1Oc1ccccc1I. The molecule has 0 saturated carbocycles. The highest BCUT2D eigenvalue weighted by atomic mass is 127. The highest BCUT2D eigenvalue weighted by Crippen LogP contribution is 2.27. The molecule has 1 unspecified atom stereocenters. The van der Waals surface area contributed by atoms with E-state index in [-0.39, 0.29) is 5.57 Å². The third kappa shape index (κ3) is 4.20. The molecule has 0 N–H and O–H groups in total. The number of halogens is 1. The van der Waals surface area contributed by atoms with Gasteiger partial charge >= 0.3 is 11.9 Å². The molecule has 0 spiro atoms. The van der Waals surface area contributed by atoms with Gasteiger partial charge in [0, 0.05) is 6.08 Å². The molecule has 1 aromatic rings. The van der Waals surface area contributed by atoms with Gasteiger partial charge in [0.15, 0.2) is 0 Å². The van der Waals surface area contributed by atoms with Gasteiger partial charge in [0.05, 0.1) is 3.57 Å². The number of hydrogen-bond acceptors (Lipinski definition) is 5. The van der Waals surface area contributed by atoms with Crippen LogP contribution in [0.4, 0.5) is 0 Å². The van der Waals surface area contributed by atoms with Crippen LogP contribution in [0.5, 0.6) is 5.75 Å². The summed E-state index contributed by atoms with van der Waals surface area (Å²) in [4.78, 5) is 23.5. The Kier molecular flexibility index (Phi) is 4.55. The predicted octanol–water partition coefficient (Wildman–Crippen LogP) is 2.82. The Morgan fingerprint density at radius 3 is 2.57 bits per heavy atom. The van der Waals surface area contributed by atoms with Crippen molar-refractivity contribution in [3.63, 3.8) is 0 Å². The first-order chi connectivity index (χ1) is 9.76. The molecule has 21 heavy (non-hydrogen) atoms. The zero-order chi connectivity index (χ0) is 15.6. The second-order valence-corrected chi connectivity index (χ2v) is 6.58. The molecule has 2 rings (SSSR count). The number of carbonyl (C=O) groups excluding carboxylic acids is 2. The molecule has 1 heterocycles. The Balaban J connectivity index is 2.16. The summed E-state index contributed by atoms with van der Waals surface area (Å²) in [5.74, 6) is -0.705. The molecule has 1 aliphatic heterocycles. The Labute approximate surface area is 136 Å². The van der Waals surface area contributed by atoms with Crippen LogP contribution in [0.3, 0.4) is 0 Å². The van der Waals surface area contributed by atoms with Crippen LogP contribution in [-0.4, -0.2) is 23.8 Å². The molecule has 112 valence electrons. The van der Waals surface area contributed by atoms with Gasteiger partial charge in [-0.05, 0) is 55.5 Å². The van der Waals surface area contributed by atoms with Crippen molar-refractivity contribution in [2.45, 2.75) is 32.7 Å². The quantitative estimate of drug-likeness (QED) is 0.575. The minimum atomic E-state index is -1.08. The predicted molar refractivity (Wildman–Crippen MR) is 83.6 cm³/mol. The van der Waals surface area contributed by atoms with Crippen molar-refractivity contribution < 1.29 is 23.8 Å². The van der Waals surface area contributed by atoms with Gasteiger partial charge in [-0.1, -0.05) is 12.1 Å². The van der Waals surface area contributed by atoms with Crippen LogP contribution in [0.25, 0.3) is 0 Å². The minimum absolute atomic E-state index is 0.0644. The molecule has 1 aliphatic rings. The average molecular weight is 402 g/mol. The molecule has 1 atom stereocenters. The maximum Gasteiger partial charge on any atom is 0.342 e. The summed E-state index contributed by atoms with van der Waals surface area (Å²) in [5, 5.41) is 0. The number of benzene rings is 1. The summed E-state index contributed by atoms with van der Waals surface area (Å²) in [6, 6.07) is 7.25. The molecular weight excluding hydrogens is 387 g/mol. The fourth-order valence-corrected chi connectivity index (χ4v) is 2.15. The van der Waals surface area contributed by atoms with E-state index in [1.165, 1.54) is 0 Å². The van der Waals surface area contributed by atoms with E-state index in [1.54, 1.807) is 32.9 Å². The van der Waals surface area contributed by atoms with Gasteiger partial charge in [-0.15, -0.1) is 0 Å². The second kappa shape index (κ2) is 6.05. The number of ether oxygens (including phenoxy) is 3. The van der Waals surface area contributed by atoms with Crippen molar-refractivity contribution in [3.8, 4) is 5.75 Å². The van der Waals surface area contributed by atoms with E-state index in [1.807, 2.05) is 12.1 Å². The number of para-hydroxylation sites is 1. The van der Waals surface area contributed by atoms with Gasteiger partial charge in [0.25, 0.3) is 6.29 Å². The fraction of sp³-hybridized carbons (Fsp3) is 0.333. The molecule has 0 radical (unpaired) electrons. The first kappa shape index (κ1) is 15.8. The van der Waals surface area contributed by atoms with Gasteiger partial charge in [-0.2, -0.15) is 0 Å². The zero-order valence-corrected chi connectivity index (χ0v) is 14.0. The smallest absolute Gasteiger partial charge is 0.342 e. The molecule has 0 aromatic heterocycles. The van der Waals surface area contributed by atoms with Gasteiger partial charge in [0.1, 0.15) is 16.9 Å². The number of cyclic esters (lactones) is 1. The van der Waals surface area contributed by atoms with Gasteiger partial charge in [0.2, 0.25) is 0 Å². The molecule has 0 saturated heterocycles. The lowest BCUT2D eigenvalue weighted by Crippen LogP contribution is -2.30. The van der Waals surface area contributed by atoms with Crippen molar-refractivity contribution in [3.05, 3.63) is 39.5 Å². The van der Waals surface area contributed by atoms with Crippen molar-refractivity contribution in [1.82, 2.24) is 0 Å². The van der Waals surface area contributed by atoms with Crippen molar-refractivity contribution in [2.75, 3.05) is 0 Å². The van der Waals surface area contributed by atoms with Crippen LogP contribution in [0.1, 0.15) is 20.8 Å². The van der Waals surface area contributed by atoms with Crippen LogP contribution in [-0.2, 0) is 19.1 Å². The molecule has 6 heteroatoms. The monoisotopic (exact) mass is 402 g/mol. The molecular formula is C15H15IO5. The van der Waals surface area contributed by atoms with E-state index < -0.39 is 23.8 Å². The highest BCUT2D eigenvalue weighted by molar-refractivity contribution is 14.1. The van der Waals surface area contributed by atoms with Gasteiger partial charge in [-0.3, -0.25) is 0 Å². The lowest BCUT2D eigenvalue weighted by molar-refractivity contribution is -0.156. The normalized spacial score (nSPS) is 18.0. The molecule has 0 bridgehead atoms. The van der Waals surface area contributed by atoms with E-state index in [0.29, 0.717) is 5.75 Å². The summed E-state index contributed by atoms with van der Waals surface area (Å²) < 4.78 is 16.7. The van der Waals surface area contributed by atoms with Crippen molar-refractivity contribution in [2.24, 2.45) is 0 Å². The average Bonchev–Trinajstić information content (AvgIpc) is 2.71. The fourth-order valence-electron chi connectivity index (χ4n) is 1.63. The van der Waals surface area contributed by atoms with E-state index in [2.05, 4.69) is 22.6 Å². The highest BCUT2D eigenvalue weighted by Gasteiger charge is 2.36. The number of rotatable bonds is 3. The maximum absolute atomic E-state index is 12.1. The van der Waals surface area contributed by atoms with E-state index >= 15 is 0 Å². The Morgan fingerprint density at radius 2 is 1.95 bits per heavy atom. The van der Waals surface area contributed by atoms with Gasteiger partial charge < -0.3 is 14.2 Å². The molecule has 0 aliphatic carbocycles. The largest absolute Gasteiger partial charge is 0.456 e. The topological polar surface area (TPSA) is 61.8 Å². The number of carbonyl (C=O) groups is 2.